The predicted octanol–water partition coefficient (Wildman–Crippen LogP) is 2.49. The van der Waals surface area contributed by atoms with Crippen LogP contribution in [0.1, 0.15) is 35.8 Å². The van der Waals surface area contributed by atoms with Crippen LogP contribution in [0.3, 0.4) is 0 Å². The zero-order chi connectivity index (χ0) is 14.0. The Bertz CT molecular complexity index is 616. The first-order valence-electron chi connectivity index (χ1n) is 6.07. The molecule has 1 aromatic carbocycles. The van der Waals surface area contributed by atoms with Crippen LogP contribution in [0.5, 0.6) is 5.75 Å². The zero-order valence-corrected chi connectivity index (χ0v) is 10.8. The molecule has 1 heterocycles. The van der Waals surface area contributed by atoms with E-state index in [1.54, 1.807) is 19.1 Å². The van der Waals surface area contributed by atoms with Gasteiger partial charge in [0, 0.05) is 12.0 Å². The second-order valence-corrected chi connectivity index (χ2v) is 4.59. The Kier molecular flexibility index (Phi) is 3.71. The summed E-state index contributed by atoms with van der Waals surface area (Å²) in [5, 5.41) is 19.9. The van der Waals surface area contributed by atoms with Crippen molar-refractivity contribution in [2.24, 2.45) is 0 Å². The number of benzene rings is 1. The molecule has 100 valence electrons. The second kappa shape index (κ2) is 5.28. The minimum absolute atomic E-state index is 0.113. The van der Waals surface area contributed by atoms with Gasteiger partial charge in [-0.25, -0.2) is 4.79 Å². The van der Waals surface area contributed by atoms with E-state index >= 15 is 0 Å². The molecule has 19 heavy (non-hydrogen) atoms. The second-order valence-electron chi connectivity index (χ2n) is 4.59. The first-order valence-corrected chi connectivity index (χ1v) is 6.07. The number of aromatic hydroxyl groups is 1. The van der Waals surface area contributed by atoms with Gasteiger partial charge in [-0.2, -0.15) is 0 Å². The lowest BCUT2D eigenvalue weighted by molar-refractivity contribution is 0.139. The van der Waals surface area contributed by atoms with E-state index in [-0.39, 0.29) is 17.1 Å². The molecule has 0 spiro atoms. The van der Waals surface area contributed by atoms with Crippen molar-refractivity contribution >= 4 is 0 Å². The highest BCUT2D eigenvalue weighted by Gasteiger charge is 2.22. The van der Waals surface area contributed by atoms with Crippen molar-refractivity contribution in [2.45, 2.75) is 25.9 Å². The van der Waals surface area contributed by atoms with Gasteiger partial charge in [0.15, 0.2) is 0 Å². The van der Waals surface area contributed by atoms with Crippen molar-refractivity contribution in [3.63, 3.8) is 0 Å². The van der Waals surface area contributed by atoms with Gasteiger partial charge in [0.25, 0.3) is 0 Å². The first-order chi connectivity index (χ1) is 9.00. The molecule has 2 N–H and O–H groups in total. The van der Waals surface area contributed by atoms with Crippen LogP contribution < -0.4 is 5.63 Å². The summed E-state index contributed by atoms with van der Waals surface area (Å²) < 4.78 is 5.12. The Hall–Kier alpha value is -2.07. The Balaban J connectivity index is 2.35. The average molecular weight is 260 g/mol. The van der Waals surface area contributed by atoms with Crippen LogP contribution in [0, 0.1) is 6.92 Å². The molecule has 0 bridgehead atoms. The zero-order valence-electron chi connectivity index (χ0n) is 10.8. The van der Waals surface area contributed by atoms with Crippen molar-refractivity contribution in [1.82, 2.24) is 0 Å². The molecule has 0 amide bonds. The lowest BCUT2D eigenvalue weighted by Gasteiger charge is -2.18. The lowest BCUT2D eigenvalue weighted by atomic mass is 9.95. The molecule has 0 aliphatic rings. The quantitative estimate of drug-likeness (QED) is 0.889. The molecular formula is C15H16O4. The van der Waals surface area contributed by atoms with Crippen LogP contribution >= 0.6 is 0 Å². The highest BCUT2D eigenvalue weighted by molar-refractivity contribution is 5.31. The Morgan fingerprint density at radius 3 is 2.42 bits per heavy atom. The molecule has 0 aliphatic carbocycles. The molecule has 2 aromatic rings. The van der Waals surface area contributed by atoms with Crippen LogP contribution in [0.25, 0.3) is 0 Å². The van der Waals surface area contributed by atoms with Crippen LogP contribution in [0.4, 0.5) is 0 Å². The van der Waals surface area contributed by atoms with E-state index in [9.17, 15) is 15.0 Å². The van der Waals surface area contributed by atoms with Gasteiger partial charge in [0.05, 0.1) is 11.7 Å². The van der Waals surface area contributed by atoms with E-state index in [1.807, 2.05) is 18.2 Å². The third-order valence-electron chi connectivity index (χ3n) is 3.24. The average Bonchev–Trinajstić information content (AvgIpc) is 2.43. The maximum atomic E-state index is 11.5. The fourth-order valence-corrected chi connectivity index (χ4v) is 1.88. The molecule has 0 aliphatic heterocycles. The molecule has 0 radical (unpaired) electrons. The predicted molar refractivity (Wildman–Crippen MR) is 71.2 cm³/mol. The van der Waals surface area contributed by atoms with E-state index in [0.717, 1.165) is 5.56 Å². The highest BCUT2D eigenvalue weighted by Crippen LogP contribution is 2.31. The van der Waals surface area contributed by atoms with Gasteiger partial charge < -0.3 is 14.6 Å². The van der Waals surface area contributed by atoms with Gasteiger partial charge >= 0.3 is 5.63 Å². The van der Waals surface area contributed by atoms with Gasteiger partial charge in [0.2, 0.25) is 0 Å². The Morgan fingerprint density at radius 2 is 1.84 bits per heavy atom. The van der Waals surface area contributed by atoms with Gasteiger partial charge in [-0.15, -0.1) is 0 Å². The molecule has 0 saturated heterocycles. The van der Waals surface area contributed by atoms with E-state index in [0.29, 0.717) is 0 Å². The number of rotatable bonds is 3. The van der Waals surface area contributed by atoms with Crippen molar-refractivity contribution in [3.05, 3.63) is 63.7 Å². The lowest BCUT2D eigenvalue weighted by Crippen LogP contribution is -2.12. The molecule has 2 unspecified atom stereocenters. The number of hydrogen-bond donors (Lipinski definition) is 2. The maximum Gasteiger partial charge on any atom is 0.342 e. The fraction of sp³-hybridized carbons (Fsp3) is 0.267. The Labute approximate surface area is 111 Å². The summed E-state index contributed by atoms with van der Waals surface area (Å²) in [7, 11) is 0. The first kappa shape index (κ1) is 13.4. The third-order valence-corrected chi connectivity index (χ3v) is 3.24. The third kappa shape index (κ3) is 2.69. The Morgan fingerprint density at radius 1 is 1.21 bits per heavy atom. The fourth-order valence-electron chi connectivity index (χ4n) is 1.88. The standard InChI is InChI=1S/C15H16O4/c1-9-12(16)8-13(19-15(9)18)10(2)14(17)11-6-4-3-5-7-11/h3-8,10,14,16-17H,1-2H3. The molecule has 1 aromatic heterocycles. The van der Waals surface area contributed by atoms with Crippen LogP contribution in [-0.4, -0.2) is 10.2 Å². The molecule has 2 rings (SSSR count). The summed E-state index contributed by atoms with van der Waals surface area (Å²) in [4.78, 5) is 11.5. The van der Waals surface area contributed by atoms with Gasteiger partial charge in [-0.05, 0) is 12.5 Å². The van der Waals surface area contributed by atoms with E-state index < -0.39 is 17.6 Å². The topological polar surface area (TPSA) is 70.7 Å². The smallest absolute Gasteiger partial charge is 0.342 e. The molecule has 2 atom stereocenters. The van der Waals surface area contributed by atoms with E-state index in [2.05, 4.69) is 0 Å². The summed E-state index contributed by atoms with van der Waals surface area (Å²) in [5.74, 6) is -0.274. The minimum Gasteiger partial charge on any atom is -0.507 e. The van der Waals surface area contributed by atoms with Crippen molar-refractivity contribution in [1.29, 1.82) is 0 Å². The monoisotopic (exact) mass is 260 g/mol. The largest absolute Gasteiger partial charge is 0.507 e. The summed E-state index contributed by atoms with van der Waals surface area (Å²) in [5.41, 5.74) is 0.324. The number of aliphatic hydroxyl groups excluding tert-OH is 1. The van der Waals surface area contributed by atoms with Gasteiger partial charge in [-0.1, -0.05) is 37.3 Å². The summed E-state index contributed by atoms with van der Waals surface area (Å²) in [6, 6.07) is 10.5. The van der Waals surface area contributed by atoms with Crippen LogP contribution in [0.15, 0.2) is 45.6 Å². The minimum atomic E-state index is -0.800. The number of hydrogen-bond acceptors (Lipinski definition) is 4. The van der Waals surface area contributed by atoms with Crippen LogP contribution in [0.2, 0.25) is 0 Å². The molecular weight excluding hydrogens is 244 g/mol. The van der Waals surface area contributed by atoms with E-state index in [4.69, 9.17) is 4.42 Å². The maximum absolute atomic E-state index is 11.5. The molecule has 4 nitrogen and oxygen atoms in total. The van der Waals surface area contributed by atoms with Gasteiger partial charge in [0.1, 0.15) is 11.5 Å². The van der Waals surface area contributed by atoms with Crippen molar-refractivity contribution in [3.8, 4) is 5.75 Å². The summed E-state index contributed by atoms with van der Waals surface area (Å²) in [6.45, 7) is 3.23. The van der Waals surface area contributed by atoms with Crippen molar-refractivity contribution < 1.29 is 14.6 Å². The van der Waals surface area contributed by atoms with Gasteiger partial charge in [-0.3, -0.25) is 0 Å². The molecule has 0 fully saturated rings. The summed E-state index contributed by atoms with van der Waals surface area (Å²) >= 11 is 0. The molecule has 4 heteroatoms. The summed E-state index contributed by atoms with van der Waals surface area (Å²) in [6.07, 6.45) is -0.800. The highest BCUT2D eigenvalue weighted by atomic mass is 16.4. The SMILES string of the molecule is Cc1c(O)cc(C(C)C(O)c2ccccc2)oc1=O. The van der Waals surface area contributed by atoms with Crippen LogP contribution in [-0.2, 0) is 0 Å². The normalized spacial score (nSPS) is 14.1. The van der Waals surface area contributed by atoms with E-state index in [1.165, 1.54) is 13.0 Å². The molecule has 0 saturated carbocycles. The van der Waals surface area contributed by atoms with Crippen molar-refractivity contribution in [2.75, 3.05) is 0 Å². The number of aliphatic hydroxyl groups is 1.